The normalized spacial score (nSPS) is 14.0. The summed E-state index contributed by atoms with van der Waals surface area (Å²) in [7, 11) is 1.15. The van der Waals surface area contributed by atoms with E-state index in [4.69, 9.17) is 18.5 Å². The van der Waals surface area contributed by atoms with E-state index in [1.807, 2.05) is 21.1 Å². The molecular weight excluding hydrogens is 677 g/mol. The van der Waals surface area contributed by atoms with Crippen LogP contribution in [0.2, 0.25) is 0 Å². The van der Waals surface area contributed by atoms with Gasteiger partial charge in [-0.05, 0) is 70.6 Å². The zero-order valence-corrected chi connectivity index (χ0v) is 34.9. The van der Waals surface area contributed by atoms with Crippen molar-refractivity contribution in [3.05, 3.63) is 36.5 Å². The van der Waals surface area contributed by atoms with Crippen LogP contribution in [-0.2, 0) is 32.7 Å². The second-order valence-electron chi connectivity index (χ2n) is 15.0. The van der Waals surface area contributed by atoms with Crippen LogP contribution in [0.25, 0.3) is 0 Å². The fraction of sp³-hybridized carbons (Fsp3) is 0.810. The summed E-state index contributed by atoms with van der Waals surface area (Å²) >= 11 is 0. The van der Waals surface area contributed by atoms with Gasteiger partial charge in [-0.2, -0.15) is 0 Å². The smallest absolute Gasteiger partial charge is 0.306 e. The summed E-state index contributed by atoms with van der Waals surface area (Å²) in [6.45, 7) is 4.14. The van der Waals surface area contributed by atoms with Crippen LogP contribution < -0.4 is 4.89 Å². The molecule has 0 aromatic carbocycles. The van der Waals surface area contributed by atoms with Gasteiger partial charge in [-0.25, -0.2) is 0 Å². The number of hydrogen-bond donors (Lipinski definition) is 0. The third-order valence-electron chi connectivity index (χ3n) is 8.63. The molecule has 0 rings (SSSR count). The number of likely N-dealkylation sites (N-methyl/N-ethyl adjacent to an activating group) is 1. The number of ether oxygens (including phenoxy) is 2. The van der Waals surface area contributed by atoms with Crippen molar-refractivity contribution < 1.29 is 42.1 Å². The highest BCUT2D eigenvalue weighted by molar-refractivity contribution is 7.45. The molecule has 0 saturated heterocycles. The lowest BCUT2D eigenvalue weighted by Gasteiger charge is -2.28. The van der Waals surface area contributed by atoms with Crippen LogP contribution in [0.3, 0.4) is 0 Å². The largest absolute Gasteiger partial charge is 0.756 e. The summed E-state index contributed by atoms with van der Waals surface area (Å²) in [5, 5.41) is 0. The quantitative estimate of drug-likeness (QED) is 0.0203. The molecule has 0 aromatic heterocycles. The maximum atomic E-state index is 12.6. The van der Waals surface area contributed by atoms with E-state index in [1.165, 1.54) is 57.8 Å². The Bertz CT molecular complexity index is 991. The first kappa shape index (κ1) is 50.2. The number of hydrogen-bond acceptors (Lipinski definition) is 8. The van der Waals surface area contributed by atoms with Crippen molar-refractivity contribution >= 4 is 19.8 Å². The van der Waals surface area contributed by atoms with Crippen LogP contribution >= 0.6 is 7.82 Å². The molecule has 0 amide bonds. The minimum Gasteiger partial charge on any atom is -0.756 e. The van der Waals surface area contributed by atoms with Gasteiger partial charge in [-0.1, -0.05) is 121 Å². The molecule has 1 unspecified atom stereocenters. The van der Waals surface area contributed by atoms with Gasteiger partial charge in [-0.15, -0.1) is 0 Å². The zero-order chi connectivity index (χ0) is 38.6. The number of carbonyl (C=O) groups excluding carboxylic acids is 2. The molecule has 0 radical (unpaired) electrons. The average molecular weight is 756 g/mol. The molecule has 0 aliphatic heterocycles. The van der Waals surface area contributed by atoms with Crippen LogP contribution in [0.1, 0.15) is 168 Å². The molecule has 0 bridgehead atoms. The number of phosphoric acid groups is 1. The lowest BCUT2D eigenvalue weighted by molar-refractivity contribution is -0.870. The van der Waals surface area contributed by atoms with Crippen LogP contribution in [-0.4, -0.2) is 70.0 Å². The van der Waals surface area contributed by atoms with E-state index < -0.39 is 32.5 Å². The van der Waals surface area contributed by atoms with Gasteiger partial charge >= 0.3 is 11.9 Å². The Kier molecular flexibility index (Phi) is 33.8. The third-order valence-corrected chi connectivity index (χ3v) is 9.60. The van der Waals surface area contributed by atoms with Crippen molar-refractivity contribution in [2.45, 2.75) is 174 Å². The van der Waals surface area contributed by atoms with Gasteiger partial charge in [0.15, 0.2) is 6.10 Å². The molecule has 0 aliphatic rings. The van der Waals surface area contributed by atoms with Crippen molar-refractivity contribution in [3.63, 3.8) is 0 Å². The average Bonchev–Trinajstić information content (AvgIpc) is 3.09. The number of phosphoric ester groups is 1. The molecule has 304 valence electrons. The number of rotatable bonds is 37. The number of allylic oxidation sites excluding steroid dienone is 6. The van der Waals surface area contributed by atoms with Crippen molar-refractivity contribution in [1.82, 2.24) is 0 Å². The summed E-state index contributed by atoms with van der Waals surface area (Å²) in [4.78, 5) is 37.4. The molecular formula is C42H78NO8P. The first-order valence-electron chi connectivity index (χ1n) is 20.7. The van der Waals surface area contributed by atoms with Crippen molar-refractivity contribution in [2.24, 2.45) is 0 Å². The van der Waals surface area contributed by atoms with Crippen LogP contribution in [0.15, 0.2) is 36.5 Å². The fourth-order valence-corrected chi connectivity index (χ4v) is 6.05. The van der Waals surface area contributed by atoms with E-state index >= 15 is 0 Å². The van der Waals surface area contributed by atoms with Gasteiger partial charge in [0.2, 0.25) is 0 Å². The van der Waals surface area contributed by atoms with E-state index in [-0.39, 0.29) is 26.1 Å². The first-order valence-corrected chi connectivity index (χ1v) is 22.2. The van der Waals surface area contributed by atoms with Gasteiger partial charge in [0.25, 0.3) is 7.82 Å². The minimum absolute atomic E-state index is 0.0351. The van der Waals surface area contributed by atoms with Crippen molar-refractivity contribution in [3.8, 4) is 0 Å². The van der Waals surface area contributed by atoms with Crippen molar-refractivity contribution in [2.75, 3.05) is 47.5 Å². The molecule has 0 spiro atoms. The summed E-state index contributed by atoms with van der Waals surface area (Å²) < 4.78 is 33.8. The molecule has 0 saturated carbocycles. The zero-order valence-electron chi connectivity index (χ0n) is 34.0. The Hall–Kier alpha value is -1.77. The fourth-order valence-electron chi connectivity index (χ4n) is 5.32. The van der Waals surface area contributed by atoms with E-state index in [1.54, 1.807) is 0 Å². The Morgan fingerprint density at radius 1 is 0.596 bits per heavy atom. The molecule has 9 nitrogen and oxygen atoms in total. The van der Waals surface area contributed by atoms with Crippen molar-refractivity contribution in [1.29, 1.82) is 0 Å². The Balaban J connectivity index is 4.43. The SMILES string of the molecule is CCCCC/C=C\C/C=C\CCCCCCCC(=O)OC[C@H](COP(=O)([O-])OCC[N+](C)(C)C)OC(=O)CCCCCCC/C=C\CCCCCC. The highest BCUT2D eigenvalue weighted by Crippen LogP contribution is 2.38. The maximum absolute atomic E-state index is 12.6. The van der Waals surface area contributed by atoms with Gasteiger partial charge in [0, 0.05) is 12.8 Å². The van der Waals surface area contributed by atoms with E-state index in [9.17, 15) is 19.0 Å². The Morgan fingerprint density at radius 3 is 1.58 bits per heavy atom. The molecule has 0 fully saturated rings. The Morgan fingerprint density at radius 2 is 1.04 bits per heavy atom. The molecule has 52 heavy (non-hydrogen) atoms. The lowest BCUT2D eigenvalue weighted by atomic mass is 10.1. The van der Waals surface area contributed by atoms with Gasteiger partial charge in [-0.3, -0.25) is 14.2 Å². The molecule has 0 heterocycles. The van der Waals surface area contributed by atoms with E-state index in [2.05, 4.69) is 50.3 Å². The number of unbranched alkanes of at least 4 members (excludes halogenated alkanes) is 17. The number of quaternary nitrogens is 1. The molecule has 0 aromatic rings. The second-order valence-corrected chi connectivity index (χ2v) is 16.4. The Labute approximate surface area is 319 Å². The highest BCUT2D eigenvalue weighted by atomic mass is 31.2. The first-order chi connectivity index (χ1) is 25.0. The summed E-state index contributed by atoms with van der Waals surface area (Å²) in [5.41, 5.74) is 0. The summed E-state index contributed by atoms with van der Waals surface area (Å²) in [6.07, 6.45) is 37.3. The molecule has 0 aliphatic carbocycles. The van der Waals surface area contributed by atoms with Gasteiger partial charge in [0.1, 0.15) is 19.8 Å². The predicted molar refractivity (Wildman–Crippen MR) is 213 cm³/mol. The van der Waals surface area contributed by atoms with E-state index in [0.29, 0.717) is 23.9 Å². The van der Waals surface area contributed by atoms with Crippen LogP contribution in [0.5, 0.6) is 0 Å². The van der Waals surface area contributed by atoms with Crippen LogP contribution in [0, 0.1) is 0 Å². The highest BCUT2D eigenvalue weighted by Gasteiger charge is 2.21. The minimum atomic E-state index is -4.62. The van der Waals surface area contributed by atoms with Gasteiger partial charge in [0.05, 0.1) is 27.7 Å². The topological polar surface area (TPSA) is 111 Å². The predicted octanol–water partition coefficient (Wildman–Crippen LogP) is 10.7. The number of nitrogens with zero attached hydrogens (tertiary/aromatic N) is 1. The molecule has 2 atom stereocenters. The van der Waals surface area contributed by atoms with Crippen LogP contribution in [0.4, 0.5) is 0 Å². The summed E-state index contributed by atoms with van der Waals surface area (Å²) in [6, 6.07) is 0. The third kappa shape index (κ3) is 38.0. The standard InChI is InChI=1S/C42H78NO8P/c1-6-8-10-12-14-16-18-20-21-23-24-26-28-30-32-34-41(44)48-38-40(39-50-52(46,47)49-37-36-43(3,4)5)51-42(45)35-33-31-29-27-25-22-19-17-15-13-11-9-7-2/h14,16-17,19-21,40H,6-13,15,18,22-39H2,1-5H3/b16-14-,19-17-,21-20-/t40-/m1/s1. The second kappa shape index (κ2) is 35.0. The number of carbonyl (C=O) groups is 2. The molecule has 10 heteroatoms. The van der Waals surface area contributed by atoms with E-state index in [0.717, 1.165) is 70.6 Å². The molecule has 0 N–H and O–H groups in total. The van der Waals surface area contributed by atoms with Gasteiger partial charge < -0.3 is 27.9 Å². The monoisotopic (exact) mass is 756 g/mol. The lowest BCUT2D eigenvalue weighted by Crippen LogP contribution is -2.37. The number of esters is 2. The maximum Gasteiger partial charge on any atom is 0.306 e. The summed E-state index contributed by atoms with van der Waals surface area (Å²) in [5.74, 6) is -0.862.